The number of amides is 1. The van der Waals surface area contributed by atoms with E-state index in [1.165, 1.54) is 21.9 Å². The molecule has 1 fully saturated rings. The summed E-state index contributed by atoms with van der Waals surface area (Å²) in [5.74, 6) is -0.219. The Hall–Kier alpha value is -0.990. The molecule has 2 heterocycles. The maximum absolute atomic E-state index is 12.3. The molecule has 0 atom stereocenters. The second kappa shape index (κ2) is 6.25. The highest BCUT2D eigenvalue weighted by molar-refractivity contribution is 7.88. The number of nitrogens with zero attached hydrogens (tertiary/aromatic N) is 2. The third-order valence-corrected chi connectivity index (χ3v) is 5.86. The quantitative estimate of drug-likeness (QED) is 0.909. The van der Waals surface area contributed by atoms with E-state index >= 15 is 0 Å². The number of rotatable bonds is 3. The van der Waals surface area contributed by atoms with Crippen molar-refractivity contribution < 1.29 is 13.2 Å². The number of carbonyl (C=O) groups excluding carboxylic acids is 1. The van der Waals surface area contributed by atoms with Crippen molar-refractivity contribution in [3.05, 3.63) is 11.1 Å². The van der Waals surface area contributed by atoms with Crippen LogP contribution in [0.15, 0.2) is 5.38 Å². The van der Waals surface area contributed by atoms with Crippen LogP contribution >= 0.6 is 11.3 Å². The predicted octanol–water partition coefficient (Wildman–Crippen LogP) is 2.05. The Bertz CT molecular complexity index is 639. The molecular formula is C14H23N3O3S2. The van der Waals surface area contributed by atoms with Crippen LogP contribution in [0.1, 0.15) is 39.3 Å². The average molecular weight is 345 g/mol. The molecule has 1 aliphatic heterocycles. The number of anilines is 1. The minimum atomic E-state index is -3.16. The third-order valence-electron chi connectivity index (χ3n) is 3.80. The van der Waals surface area contributed by atoms with E-state index in [1.807, 2.05) is 5.38 Å². The number of aromatic nitrogens is 1. The first-order valence-electron chi connectivity index (χ1n) is 7.29. The lowest BCUT2D eigenvalue weighted by atomic mass is 9.93. The summed E-state index contributed by atoms with van der Waals surface area (Å²) >= 11 is 1.42. The van der Waals surface area contributed by atoms with Crippen molar-refractivity contribution in [2.45, 2.75) is 39.0 Å². The largest absolute Gasteiger partial charge is 0.302 e. The number of hydrogen-bond donors (Lipinski definition) is 1. The number of carbonyl (C=O) groups is 1. The molecule has 1 aliphatic rings. The molecule has 1 aromatic heterocycles. The molecule has 0 unspecified atom stereocenters. The van der Waals surface area contributed by atoms with E-state index < -0.39 is 10.0 Å². The van der Waals surface area contributed by atoms with Crippen molar-refractivity contribution in [3.63, 3.8) is 0 Å². The first kappa shape index (κ1) is 17.4. The van der Waals surface area contributed by atoms with Crippen LogP contribution in [0.3, 0.4) is 0 Å². The molecule has 0 spiro atoms. The molecule has 22 heavy (non-hydrogen) atoms. The average Bonchev–Trinajstić information content (AvgIpc) is 2.86. The summed E-state index contributed by atoms with van der Waals surface area (Å²) in [7, 11) is -3.16. The van der Waals surface area contributed by atoms with Gasteiger partial charge in [-0.1, -0.05) is 20.8 Å². The van der Waals surface area contributed by atoms with Gasteiger partial charge < -0.3 is 5.32 Å². The zero-order valence-corrected chi connectivity index (χ0v) is 15.1. The van der Waals surface area contributed by atoms with E-state index in [1.54, 1.807) is 0 Å². The van der Waals surface area contributed by atoms with Crippen molar-refractivity contribution in [3.8, 4) is 0 Å². The Morgan fingerprint density at radius 3 is 2.41 bits per heavy atom. The highest BCUT2D eigenvalue weighted by Gasteiger charge is 2.29. The molecule has 124 valence electrons. The Labute approximate surface area is 136 Å². The van der Waals surface area contributed by atoms with Crippen LogP contribution < -0.4 is 5.32 Å². The van der Waals surface area contributed by atoms with Gasteiger partial charge in [0.15, 0.2) is 5.13 Å². The lowest BCUT2D eigenvalue weighted by molar-refractivity contribution is -0.120. The molecule has 1 saturated heterocycles. The van der Waals surface area contributed by atoms with Gasteiger partial charge in [0, 0.05) is 29.8 Å². The smallest absolute Gasteiger partial charge is 0.229 e. The first-order chi connectivity index (χ1) is 10.1. The summed E-state index contributed by atoms with van der Waals surface area (Å²) in [6.07, 6.45) is 2.31. The summed E-state index contributed by atoms with van der Waals surface area (Å²) in [6.45, 7) is 7.04. The summed E-state index contributed by atoms with van der Waals surface area (Å²) < 4.78 is 24.4. The van der Waals surface area contributed by atoms with Crippen LogP contribution in [0.2, 0.25) is 0 Å². The Morgan fingerprint density at radius 2 is 1.95 bits per heavy atom. The molecule has 0 radical (unpaired) electrons. The zero-order valence-electron chi connectivity index (χ0n) is 13.4. The highest BCUT2D eigenvalue weighted by Crippen LogP contribution is 2.27. The van der Waals surface area contributed by atoms with E-state index in [2.05, 4.69) is 31.1 Å². The molecule has 1 N–H and O–H groups in total. The predicted molar refractivity (Wildman–Crippen MR) is 88.6 cm³/mol. The lowest BCUT2D eigenvalue weighted by Gasteiger charge is -2.29. The van der Waals surface area contributed by atoms with E-state index in [0.29, 0.717) is 31.1 Å². The van der Waals surface area contributed by atoms with Crippen LogP contribution in [0.25, 0.3) is 0 Å². The number of sulfonamides is 1. The molecule has 0 aromatic carbocycles. The van der Waals surface area contributed by atoms with Crippen LogP contribution in [-0.2, 0) is 20.2 Å². The second-order valence-corrected chi connectivity index (χ2v) is 9.55. The fourth-order valence-electron chi connectivity index (χ4n) is 2.33. The van der Waals surface area contributed by atoms with Crippen molar-refractivity contribution in [1.82, 2.24) is 9.29 Å². The minimum absolute atomic E-state index is 0.0414. The van der Waals surface area contributed by atoms with Gasteiger partial charge in [0.25, 0.3) is 0 Å². The van der Waals surface area contributed by atoms with Gasteiger partial charge in [0.05, 0.1) is 11.9 Å². The summed E-state index contributed by atoms with van der Waals surface area (Å²) in [5.41, 5.74) is 0.917. The Kier molecular flexibility index (Phi) is 4.93. The van der Waals surface area contributed by atoms with E-state index in [0.717, 1.165) is 5.69 Å². The lowest BCUT2D eigenvalue weighted by Crippen LogP contribution is -2.40. The summed E-state index contributed by atoms with van der Waals surface area (Å²) in [4.78, 5) is 16.7. The topological polar surface area (TPSA) is 79.4 Å². The number of piperidine rings is 1. The molecule has 1 amide bonds. The van der Waals surface area contributed by atoms with Gasteiger partial charge in [-0.25, -0.2) is 17.7 Å². The standard InChI is InChI=1S/C14H23N3O3S2/c1-14(2,3)11-9-21-13(15-11)16-12(18)10-5-7-17(8-6-10)22(4,19)20/h9-10H,5-8H2,1-4H3,(H,15,16,18). The van der Waals surface area contributed by atoms with Crippen LogP contribution in [0.5, 0.6) is 0 Å². The molecule has 6 nitrogen and oxygen atoms in total. The van der Waals surface area contributed by atoms with Crippen LogP contribution in [0.4, 0.5) is 5.13 Å². The van der Waals surface area contributed by atoms with E-state index in [-0.39, 0.29) is 17.2 Å². The molecule has 0 bridgehead atoms. The highest BCUT2D eigenvalue weighted by atomic mass is 32.2. The van der Waals surface area contributed by atoms with Gasteiger partial charge in [-0.3, -0.25) is 4.79 Å². The van der Waals surface area contributed by atoms with Crippen LogP contribution in [-0.4, -0.2) is 43.0 Å². The molecule has 8 heteroatoms. The fraction of sp³-hybridized carbons (Fsp3) is 0.714. The van der Waals surface area contributed by atoms with Gasteiger partial charge in [0.1, 0.15) is 0 Å². The van der Waals surface area contributed by atoms with Gasteiger partial charge in [-0.15, -0.1) is 11.3 Å². The molecule has 0 saturated carbocycles. The molecule has 0 aliphatic carbocycles. The maximum atomic E-state index is 12.3. The minimum Gasteiger partial charge on any atom is -0.302 e. The van der Waals surface area contributed by atoms with Crippen molar-refractivity contribution in [2.75, 3.05) is 24.7 Å². The van der Waals surface area contributed by atoms with Crippen molar-refractivity contribution in [2.24, 2.45) is 5.92 Å². The van der Waals surface area contributed by atoms with E-state index in [4.69, 9.17) is 0 Å². The molecule has 2 rings (SSSR count). The Balaban J connectivity index is 1.93. The number of thiazole rings is 1. The van der Waals surface area contributed by atoms with Crippen molar-refractivity contribution in [1.29, 1.82) is 0 Å². The number of nitrogens with one attached hydrogen (secondary N) is 1. The van der Waals surface area contributed by atoms with Gasteiger partial charge in [-0.05, 0) is 12.8 Å². The fourth-order valence-corrected chi connectivity index (χ4v) is 4.15. The van der Waals surface area contributed by atoms with Gasteiger partial charge in [-0.2, -0.15) is 0 Å². The third kappa shape index (κ3) is 4.27. The van der Waals surface area contributed by atoms with E-state index in [9.17, 15) is 13.2 Å². The second-order valence-electron chi connectivity index (χ2n) is 6.71. The summed E-state index contributed by atoms with van der Waals surface area (Å²) in [6, 6.07) is 0. The monoisotopic (exact) mass is 345 g/mol. The summed E-state index contributed by atoms with van der Waals surface area (Å²) in [5, 5.41) is 5.43. The normalized spacial score (nSPS) is 18.4. The van der Waals surface area contributed by atoms with Crippen molar-refractivity contribution >= 4 is 32.4 Å². The molecular weight excluding hydrogens is 322 g/mol. The number of hydrogen-bond acceptors (Lipinski definition) is 5. The molecule has 1 aromatic rings. The Morgan fingerprint density at radius 1 is 1.36 bits per heavy atom. The SMILES string of the molecule is CC(C)(C)c1csc(NC(=O)C2CCN(S(C)(=O)=O)CC2)n1. The zero-order chi connectivity index (χ0) is 16.5. The van der Waals surface area contributed by atoms with Gasteiger partial charge >= 0.3 is 0 Å². The van der Waals surface area contributed by atoms with Crippen LogP contribution in [0, 0.1) is 5.92 Å². The first-order valence-corrected chi connectivity index (χ1v) is 10.0. The van der Waals surface area contributed by atoms with Gasteiger partial charge in [0.2, 0.25) is 15.9 Å². The maximum Gasteiger partial charge on any atom is 0.229 e.